The lowest BCUT2D eigenvalue weighted by Crippen LogP contribution is -2.34. The third-order valence-corrected chi connectivity index (χ3v) is 4.76. The first-order valence-electron chi connectivity index (χ1n) is 9.27. The highest BCUT2D eigenvalue weighted by atomic mass is 16.2. The molecule has 3 aromatic rings. The Morgan fingerprint density at radius 1 is 1.22 bits per heavy atom. The fourth-order valence-corrected chi connectivity index (χ4v) is 3.21. The first-order valence-corrected chi connectivity index (χ1v) is 9.27. The highest BCUT2D eigenvalue weighted by molar-refractivity contribution is 5.78. The van der Waals surface area contributed by atoms with Gasteiger partial charge in [-0.05, 0) is 43.5 Å². The SMILES string of the molecule is Cc1ccc2nc([C@@H](NC(=O)CCn3c(C)cccc3=O)C(C)C)[nH]c2c1. The summed E-state index contributed by atoms with van der Waals surface area (Å²) >= 11 is 0. The average molecular weight is 366 g/mol. The number of hydrogen-bond acceptors (Lipinski definition) is 3. The van der Waals surface area contributed by atoms with Gasteiger partial charge in [0.1, 0.15) is 5.82 Å². The molecule has 6 heteroatoms. The number of hydrogen-bond donors (Lipinski definition) is 2. The summed E-state index contributed by atoms with van der Waals surface area (Å²) in [6, 6.07) is 11.0. The zero-order chi connectivity index (χ0) is 19.6. The molecule has 1 amide bonds. The van der Waals surface area contributed by atoms with E-state index in [1.165, 1.54) is 6.07 Å². The molecule has 27 heavy (non-hydrogen) atoms. The minimum Gasteiger partial charge on any atom is -0.346 e. The summed E-state index contributed by atoms with van der Waals surface area (Å²) in [6.07, 6.45) is 0.243. The predicted octanol–water partition coefficient (Wildman–Crippen LogP) is 3.25. The topological polar surface area (TPSA) is 79.8 Å². The van der Waals surface area contributed by atoms with Crippen molar-refractivity contribution in [3.05, 3.63) is 63.8 Å². The molecule has 0 spiro atoms. The summed E-state index contributed by atoms with van der Waals surface area (Å²) in [7, 11) is 0. The number of aryl methyl sites for hydroxylation is 2. The molecule has 0 bridgehead atoms. The monoisotopic (exact) mass is 366 g/mol. The largest absolute Gasteiger partial charge is 0.346 e. The van der Waals surface area contributed by atoms with Crippen LogP contribution in [0.1, 0.15) is 43.4 Å². The number of H-pyrrole nitrogens is 1. The van der Waals surface area contributed by atoms with E-state index in [9.17, 15) is 9.59 Å². The lowest BCUT2D eigenvalue weighted by Gasteiger charge is -2.20. The molecule has 2 heterocycles. The van der Waals surface area contributed by atoms with Gasteiger partial charge in [0.25, 0.3) is 5.56 Å². The number of pyridine rings is 1. The molecular formula is C21H26N4O2. The van der Waals surface area contributed by atoms with Gasteiger partial charge in [0, 0.05) is 24.7 Å². The Labute approximate surface area is 158 Å². The number of nitrogens with one attached hydrogen (secondary N) is 2. The van der Waals surface area contributed by atoms with Crippen LogP contribution in [0.2, 0.25) is 0 Å². The zero-order valence-electron chi connectivity index (χ0n) is 16.2. The van der Waals surface area contributed by atoms with Gasteiger partial charge in [0.05, 0.1) is 17.1 Å². The minimum absolute atomic E-state index is 0.0872. The molecule has 0 fully saturated rings. The van der Waals surface area contributed by atoms with Crippen molar-refractivity contribution in [1.82, 2.24) is 19.9 Å². The van der Waals surface area contributed by atoms with Crippen molar-refractivity contribution in [2.75, 3.05) is 0 Å². The lowest BCUT2D eigenvalue weighted by molar-refractivity contribution is -0.122. The highest BCUT2D eigenvalue weighted by Gasteiger charge is 2.22. The number of carbonyl (C=O) groups excluding carboxylic acids is 1. The summed E-state index contributed by atoms with van der Waals surface area (Å²) in [6.45, 7) is 8.37. The van der Waals surface area contributed by atoms with E-state index >= 15 is 0 Å². The van der Waals surface area contributed by atoms with Crippen LogP contribution in [-0.2, 0) is 11.3 Å². The van der Waals surface area contributed by atoms with Crippen LogP contribution in [0.5, 0.6) is 0 Å². The van der Waals surface area contributed by atoms with Crippen molar-refractivity contribution in [2.24, 2.45) is 5.92 Å². The van der Waals surface area contributed by atoms with Crippen LogP contribution in [0, 0.1) is 19.8 Å². The molecule has 6 nitrogen and oxygen atoms in total. The zero-order valence-corrected chi connectivity index (χ0v) is 16.2. The van der Waals surface area contributed by atoms with Crippen LogP contribution < -0.4 is 10.9 Å². The van der Waals surface area contributed by atoms with Crippen LogP contribution in [0.3, 0.4) is 0 Å². The molecule has 0 saturated heterocycles. The van der Waals surface area contributed by atoms with Crippen molar-refractivity contribution in [3.8, 4) is 0 Å². The van der Waals surface area contributed by atoms with Crippen LogP contribution >= 0.6 is 0 Å². The Morgan fingerprint density at radius 3 is 2.70 bits per heavy atom. The minimum atomic E-state index is -0.209. The molecule has 0 aliphatic carbocycles. The summed E-state index contributed by atoms with van der Waals surface area (Å²) in [5.41, 5.74) is 3.78. The molecule has 2 aromatic heterocycles. The number of benzene rings is 1. The fourth-order valence-electron chi connectivity index (χ4n) is 3.21. The van der Waals surface area contributed by atoms with Crippen molar-refractivity contribution in [3.63, 3.8) is 0 Å². The number of carbonyl (C=O) groups is 1. The van der Waals surface area contributed by atoms with Crippen molar-refractivity contribution < 1.29 is 4.79 Å². The molecule has 0 aliphatic heterocycles. The van der Waals surface area contributed by atoms with Gasteiger partial charge in [0.2, 0.25) is 5.91 Å². The van der Waals surface area contributed by atoms with Crippen LogP contribution in [0.4, 0.5) is 0 Å². The van der Waals surface area contributed by atoms with Crippen LogP contribution in [0.25, 0.3) is 11.0 Å². The Bertz CT molecular complexity index is 1020. The maximum absolute atomic E-state index is 12.5. The Morgan fingerprint density at radius 2 is 2.00 bits per heavy atom. The van der Waals surface area contributed by atoms with Gasteiger partial charge >= 0.3 is 0 Å². The highest BCUT2D eigenvalue weighted by Crippen LogP contribution is 2.23. The first-order chi connectivity index (χ1) is 12.8. The van der Waals surface area contributed by atoms with Gasteiger partial charge in [0.15, 0.2) is 0 Å². The van der Waals surface area contributed by atoms with Gasteiger partial charge < -0.3 is 14.9 Å². The maximum Gasteiger partial charge on any atom is 0.250 e. The number of fused-ring (bicyclic) bond motifs is 1. The first kappa shape index (κ1) is 18.9. The Kier molecular flexibility index (Phi) is 5.44. The number of aromatic nitrogens is 3. The molecule has 142 valence electrons. The van der Waals surface area contributed by atoms with Gasteiger partial charge in [-0.2, -0.15) is 0 Å². The summed E-state index contributed by atoms with van der Waals surface area (Å²) < 4.78 is 1.62. The molecule has 2 N–H and O–H groups in total. The summed E-state index contributed by atoms with van der Waals surface area (Å²) in [5, 5.41) is 3.07. The molecule has 1 atom stereocenters. The van der Waals surface area contributed by atoms with Crippen LogP contribution in [0.15, 0.2) is 41.2 Å². The predicted molar refractivity (Wildman–Crippen MR) is 107 cm³/mol. The van der Waals surface area contributed by atoms with Gasteiger partial charge in [-0.15, -0.1) is 0 Å². The lowest BCUT2D eigenvalue weighted by atomic mass is 10.0. The van der Waals surface area contributed by atoms with E-state index in [1.54, 1.807) is 10.6 Å². The van der Waals surface area contributed by atoms with Gasteiger partial charge in [-0.3, -0.25) is 9.59 Å². The second-order valence-electron chi connectivity index (χ2n) is 7.34. The van der Waals surface area contributed by atoms with E-state index in [2.05, 4.69) is 35.2 Å². The second-order valence-corrected chi connectivity index (χ2v) is 7.34. The third-order valence-electron chi connectivity index (χ3n) is 4.76. The second kappa shape index (κ2) is 7.78. The number of rotatable bonds is 6. The standard InChI is InChI=1S/C21H26N4O2/c1-13(2)20(21-22-16-9-8-14(3)12-17(16)23-21)24-18(26)10-11-25-15(4)6-5-7-19(25)27/h5-9,12-13,20H,10-11H2,1-4H3,(H,22,23)(H,24,26)/t20-/m0/s1. The van der Waals surface area contributed by atoms with Crippen molar-refractivity contribution in [1.29, 1.82) is 0 Å². The van der Waals surface area contributed by atoms with Gasteiger partial charge in [-0.25, -0.2) is 4.98 Å². The number of amides is 1. The Balaban J connectivity index is 1.73. The molecule has 0 radical (unpaired) electrons. The van der Waals surface area contributed by atoms with Gasteiger partial charge in [-0.1, -0.05) is 26.0 Å². The average Bonchev–Trinajstić information content (AvgIpc) is 3.01. The van der Waals surface area contributed by atoms with Crippen molar-refractivity contribution in [2.45, 2.75) is 46.7 Å². The van der Waals surface area contributed by atoms with E-state index in [0.717, 1.165) is 28.1 Å². The molecule has 0 aliphatic rings. The van der Waals surface area contributed by atoms with E-state index in [4.69, 9.17) is 0 Å². The van der Waals surface area contributed by atoms with E-state index < -0.39 is 0 Å². The van der Waals surface area contributed by atoms with E-state index in [-0.39, 0.29) is 29.8 Å². The van der Waals surface area contributed by atoms with E-state index in [1.807, 2.05) is 32.0 Å². The molecule has 1 aromatic carbocycles. The Hall–Kier alpha value is -2.89. The molecule has 3 rings (SSSR count). The number of aromatic amines is 1. The molecule has 0 unspecified atom stereocenters. The number of imidazole rings is 1. The normalized spacial score (nSPS) is 12.5. The van der Waals surface area contributed by atoms with Crippen molar-refractivity contribution >= 4 is 16.9 Å². The van der Waals surface area contributed by atoms with E-state index in [0.29, 0.717) is 6.54 Å². The summed E-state index contributed by atoms with van der Waals surface area (Å²) in [4.78, 5) is 32.5. The fraction of sp³-hybridized carbons (Fsp3) is 0.381. The maximum atomic E-state index is 12.5. The summed E-state index contributed by atoms with van der Waals surface area (Å²) in [5.74, 6) is 0.837. The quantitative estimate of drug-likeness (QED) is 0.703. The molecule has 0 saturated carbocycles. The van der Waals surface area contributed by atoms with Crippen LogP contribution in [-0.4, -0.2) is 20.4 Å². The number of nitrogens with zero attached hydrogens (tertiary/aromatic N) is 2. The molecular weight excluding hydrogens is 340 g/mol. The smallest absolute Gasteiger partial charge is 0.250 e. The third kappa shape index (κ3) is 4.27.